The molecule has 3 heteroatoms. The molecule has 0 amide bonds. The molecule has 1 aromatic heterocycles. The molecular formula is C12H18N2S. The van der Waals surface area contributed by atoms with Gasteiger partial charge in [-0.15, -0.1) is 23.7 Å². The lowest BCUT2D eigenvalue weighted by atomic mass is 10.1. The number of rotatable bonds is 5. The van der Waals surface area contributed by atoms with Crippen molar-refractivity contribution in [2.45, 2.75) is 46.2 Å². The lowest BCUT2D eigenvalue weighted by molar-refractivity contribution is 0.508. The van der Waals surface area contributed by atoms with Crippen LogP contribution in [0.1, 0.15) is 35.3 Å². The molecule has 0 aromatic carbocycles. The van der Waals surface area contributed by atoms with Gasteiger partial charge in [0.25, 0.3) is 0 Å². The van der Waals surface area contributed by atoms with Gasteiger partial charge in [-0.2, -0.15) is 0 Å². The van der Waals surface area contributed by atoms with Crippen molar-refractivity contribution in [3.05, 3.63) is 15.6 Å². The first-order valence-corrected chi connectivity index (χ1v) is 6.08. The number of nitrogens with one attached hydrogen (secondary N) is 1. The molecule has 0 bridgehead atoms. The summed E-state index contributed by atoms with van der Waals surface area (Å²) in [6, 6.07) is 0.428. The monoisotopic (exact) mass is 222 g/mol. The van der Waals surface area contributed by atoms with Gasteiger partial charge in [0, 0.05) is 23.9 Å². The first kappa shape index (κ1) is 12.2. The van der Waals surface area contributed by atoms with Crippen molar-refractivity contribution in [3.63, 3.8) is 0 Å². The van der Waals surface area contributed by atoms with Crippen LogP contribution in [0.5, 0.6) is 0 Å². The molecule has 0 spiro atoms. The standard InChI is InChI=1S/C12H18N2S/c1-5-7-11(6-2)13-8-12-9(3)14-10(4)15-12/h1,11,13H,6-8H2,2-4H3. The van der Waals surface area contributed by atoms with Crippen LogP contribution in [0.4, 0.5) is 0 Å². The van der Waals surface area contributed by atoms with Crippen LogP contribution in [0.3, 0.4) is 0 Å². The second-order valence-electron chi connectivity index (χ2n) is 3.64. The number of aromatic nitrogens is 1. The smallest absolute Gasteiger partial charge is 0.0900 e. The minimum atomic E-state index is 0.428. The maximum absolute atomic E-state index is 5.31. The van der Waals surface area contributed by atoms with Gasteiger partial charge in [-0.3, -0.25) is 0 Å². The fraction of sp³-hybridized carbons (Fsp3) is 0.583. The Bertz CT molecular complexity index is 349. The number of aryl methyl sites for hydroxylation is 2. The first-order chi connectivity index (χ1) is 7.17. The summed E-state index contributed by atoms with van der Waals surface area (Å²) in [5, 5.41) is 4.60. The Balaban J connectivity index is 2.49. The number of hydrogen-bond acceptors (Lipinski definition) is 3. The summed E-state index contributed by atoms with van der Waals surface area (Å²) in [6.07, 6.45) is 7.18. The molecule has 1 aromatic rings. The third-order valence-corrected chi connectivity index (χ3v) is 3.48. The molecule has 82 valence electrons. The van der Waals surface area contributed by atoms with Crippen molar-refractivity contribution >= 4 is 11.3 Å². The van der Waals surface area contributed by atoms with Crippen LogP contribution in [0, 0.1) is 26.2 Å². The van der Waals surface area contributed by atoms with Crippen molar-refractivity contribution in [1.82, 2.24) is 10.3 Å². The van der Waals surface area contributed by atoms with Crippen molar-refractivity contribution in [3.8, 4) is 12.3 Å². The van der Waals surface area contributed by atoms with Crippen LogP contribution in [0.25, 0.3) is 0 Å². The van der Waals surface area contributed by atoms with E-state index in [9.17, 15) is 0 Å². The minimum absolute atomic E-state index is 0.428. The average Bonchev–Trinajstić information content (AvgIpc) is 2.52. The van der Waals surface area contributed by atoms with E-state index in [4.69, 9.17) is 6.42 Å². The molecule has 1 unspecified atom stereocenters. The van der Waals surface area contributed by atoms with Crippen LogP contribution < -0.4 is 5.32 Å². The van der Waals surface area contributed by atoms with Crippen LogP contribution in [0.2, 0.25) is 0 Å². The largest absolute Gasteiger partial charge is 0.308 e. The Morgan fingerprint density at radius 3 is 2.73 bits per heavy atom. The van der Waals surface area contributed by atoms with Crippen molar-refractivity contribution in [1.29, 1.82) is 0 Å². The quantitative estimate of drug-likeness (QED) is 0.775. The zero-order chi connectivity index (χ0) is 11.3. The molecule has 1 atom stereocenters. The van der Waals surface area contributed by atoms with E-state index in [-0.39, 0.29) is 0 Å². The van der Waals surface area contributed by atoms with Gasteiger partial charge in [0.15, 0.2) is 0 Å². The Morgan fingerprint density at radius 1 is 1.53 bits per heavy atom. The van der Waals surface area contributed by atoms with E-state index >= 15 is 0 Å². The highest BCUT2D eigenvalue weighted by atomic mass is 32.1. The molecule has 0 aliphatic carbocycles. The number of thiazole rings is 1. The van der Waals surface area contributed by atoms with E-state index in [1.807, 2.05) is 6.92 Å². The van der Waals surface area contributed by atoms with Crippen LogP contribution >= 0.6 is 11.3 Å². The summed E-state index contributed by atoms with van der Waals surface area (Å²) >= 11 is 1.76. The van der Waals surface area contributed by atoms with Crippen molar-refractivity contribution < 1.29 is 0 Å². The topological polar surface area (TPSA) is 24.9 Å². The third kappa shape index (κ3) is 3.65. The van der Waals surface area contributed by atoms with Gasteiger partial charge in [0.05, 0.1) is 10.7 Å². The fourth-order valence-electron chi connectivity index (χ4n) is 1.48. The maximum Gasteiger partial charge on any atom is 0.0900 e. The lowest BCUT2D eigenvalue weighted by Gasteiger charge is -2.13. The van der Waals surface area contributed by atoms with Crippen LogP contribution in [-0.4, -0.2) is 11.0 Å². The number of hydrogen-bond donors (Lipinski definition) is 1. The van der Waals surface area contributed by atoms with E-state index in [1.165, 1.54) is 4.88 Å². The lowest BCUT2D eigenvalue weighted by Crippen LogP contribution is -2.27. The van der Waals surface area contributed by atoms with Crippen LogP contribution in [0.15, 0.2) is 0 Å². The third-order valence-electron chi connectivity index (χ3n) is 2.41. The van der Waals surface area contributed by atoms with E-state index in [0.717, 1.165) is 30.1 Å². The summed E-state index contributed by atoms with van der Waals surface area (Å²) < 4.78 is 0. The molecule has 2 nitrogen and oxygen atoms in total. The second-order valence-corrected chi connectivity index (χ2v) is 4.92. The van der Waals surface area contributed by atoms with Gasteiger partial charge in [0.2, 0.25) is 0 Å². The maximum atomic E-state index is 5.31. The van der Waals surface area contributed by atoms with Gasteiger partial charge < -0.3 is 5.32 Å². The summed E-state index contributed by atoms with van der Waals surface area (Å²) in [7, 11) is 0. The molecule has 0 fully saturated rings. The molecular weight excluding hydrogens is 204 g/mol. The molecule has 0 aliphatic rings. The van der Waals surface area contributed by atoms with Crippen molar-refractivity contribution in [2.75, 3.05) is 0 Å². The molecule has 1 rings (SSSR count). The predicted molar refractivity (Wildman–Crippen MR) is 66.0 cm³/mol. The van der Waals surface area contributed by atoms with Gasteiger partial charge >= 0.3 is 0 Å². The minimum Gasteiger partial charge on any atom is -0.308 e. The highest BCUT2D eigenvalue weighted by Crippen LogP contribution is 2.17. The van der Waals surface area contributed by atoms with E-state index in [1.54, 1.807) is 11.3 Å². The average molecular weight is 222 g/mol. The van der Waals surface area contributed by atoms with Gasteiger partial charge in [-0.1, -0.05) is 6.92 Å². The van der Waals surface area contributed by atoms with Gasteiger partial charge in [-0.25, -0.2) is 4.98 Å². The molecule has 0 saturated heterocycles. The Hall–Kier alpha value is -0.850. The highest BCUT2D eigenvalue weighted by Gasteiger charge is 2.07. The molecule has 0 saturated carbocycles. The van der Waals surface area contributed by atoms with Gasteiger partial charge in [0.1, 0.15) is 0 Å². The van der Waals surface area contributed by atoms with Gasteiger partial charge in [-0.05, 0) is 20.3 Å². The Morgan fingerprint density at radius 2 is 2.27 bits per heavy atom. The SMILES string of the molecule is C#CCC(CC)NCc1sc(C)nc1C. The molecule has 0 radical (unpaired) electrons. The fourth-order valence-corrected chi connectivity index (χ4v) is 2.37. The number of nitrogens with zero attached hydrogens (tertiary/aromatic N) is 1. The van der Waals surface area contributed by atoms with E-state index < -0.39 is 0 Å². The Labute approximate surface area is 96.1 Å². The van der Waals surface area contributed by atoms with Crippen molar-refractivity contribution in [2.24, 2.45) is 0 Å². The van der Waals surface area contributed by atoms with Crippen LogP contribution in [-0.2, 0) is 6.54 Å². The molecule has 1 N–H and O–H groups in total. The summed E-state index contributed by atoms with van der Waals surface area (Å²) in [5.41, 5.74) is 1.14. The second kappa shape index (κ2) is 5.89. The van der Waals surface area contributed by atoms with E-state index in [2.05, 4.69) is 30.1 Å². The first-order valence-electron chi connectivity index (χ1n) is 5.27. The Kier molecular flexibility index (Phi) is 4.80. The highest BCUT2D eigenvalue weighted by molar-refractivity contribution is 7.11. The molecule has 15 heavy (non-hydrogen) atoms. The van der Waals surface area contributed by atoms with E-state index in [0.29, 0.717) is 6.04 Å². The summed E-state index contributed by atoms with van der Waals surface area (Å²) in [4.78, 5) is 5.72. The molecule has 0 aliphatic heterocycles. The summed E-state index contributed by atoms with van der Waals surface area (Å²) in [5.74, 6) is 2.70. The predicted octanol–water partition coefficient (Wildman–Crippen LogP) is 2.65. The normalized spacial score (nSPS) is 12.4. The zero-order valence-corrected chi connectivity index (χ0v) is 10.4. The zero-order valence-electron chi connectivity index (χ0n) is 9.63. The number of terminal acetylenes is 1. The summed E-state index contributed by atoms with van der Waals surface area (Å²) in [6.45, 7) is 7.14. The molecule has 1 heterocycles.